The lowest BCUT2D eigenvalue weighted by Gasteiger charge is -2.05. The van der Waals surface area contributed by atoms with E-state index in [0.29, 0.717) is 11.1 Å². The summed E-state index contributed by atoms with van der Waals surface area (Å²) in [7, 11) is -1.82. The molecule has 0 aliphatic heterocycles. The Bertz CT molecular complexity index is 658. The number of hydrogen-bond donors (Lipinski definition) is 1. The van der Waals surface area contributed by atoms with Crippen molar-refractivity contribution in [1.29, 1.82) is 0 Å². The molecule has 1 aromatic heterocycles. The molecular weight excluding hydrogens is 330 g/mol. The maximum absolute atomic E-state index is 12.1. The average Bonchev–Trinajstić information content (AvgIpc) is 2.67. The lowest BCUT2D eigenvalue weighted by Crippen LogP contribution is -2.13. The van der Waals surface area contributed by atoms with Crippen LogP contribution in [0, 0.1) is 6.92 Å². The Labute approximate surface area is 120 Å². The molecule has 7 heteroatoms. The minimum Gasteiger partial charge on any atom is -0.271 e. The Morgan fingerprint density at radius 3 is 2.42 bits per heavy atom. The van der Waals surface area contributed by atoms with E-state index in [0.717, 1.165) is 11.3 Å². The van der Waals surface area contributed by atoms with Gasteiger partial charge in [-0.3, -0.25) is 9.40 Å². The maximum Gasteiger partial charge on any atom is 0.263 e. The first-order chi connectivity index (χ1) is 8.92. The minimum absolute atomic E-state index is 0.223. The molecule has 0 atom stereocenters. The fraction of sp³-hybridized carbons (Fsp3) is 0.250. The molecule has 19 heavy (non-hydrogen) atoms. The number of anilines is 1. The number of rotatable bonds is 4. The van der Waals surface area contributed by atoms with Crippen molar-refractivity contribution in [3.63, 3.8) is 0 Å². The SMILES string of the molecule is Cc1cc(NS(=O)(=O)c2ccc(CBr)cc2)nn1C. The van der Waals surface area contributed by atoms with E-state index in [-0.39, 0.29) is 4.90 Å². The van der Waals surface area contributed by atoms with Gasteiger partial charge in [-0.15, -0.1) is 0 Å². The van der Waals surface area contributed by atoms with Crippen LogP contribution >= 0.6 is 15.9 Å². The van der Waals surface area contributed by atoms with Gasteiger partial charge in [-0.2, -0.15) is 5.10 Å². The van der Waals surface area contributed by atoms with Crippen LogP contribution in [0.5, 0.6) is 0 Å². The van der Waals surface area contributed by atoms with Crippen LogP contribution < -0.4 is 4.72 Å². The Morgan fingerprint density at radius 2 is 1.95 bits per heavy atom. The second-order valence-electron chi connectivity index (χ2n) is 4.18. The summed E-state index contributed by atoms with van der Waals surface area (Å²) < 4.78 is 28.4. The summed E-state index contributed by atoms with van der Waals surface area (Å²) in [6.07, 6.45) is 0. The van der Waals surface area contributed by atoms with E-state index < -0.39 is 10.0 Å². The van der Waals surface area contributed by atoms with E-state index >= 15 is 0 Å². The van der Waals surface area contributed by atoms with Crippen molar-refractivity contribution in [2.45, 2.75) is 17.1 Å². The highest BCUT2D eigenvalue weighted by atomic mass is 79.9. The van der Waals surface area contributed by atoms with E-state index in [2.05, 4.69) is 25.8 Å². The lowest BCUT2D eigenvalue weighted by atomic mass is 10.2. The molecule has 1 N–H and O–H groups in total. The summed E-state index contributed by atoms with van der Waals surface area (Å²) in [5, 5.41) is 4.77. The van der Waals surface area contributed by atoms with Crippen LogP contribution in [0.15, 0.2) is 35.2 Å². The van der Waals surface area contributed by atoms with Gasteiger partial charge in [-0.05, 0) is 24.6 Å². The van der Waals surface area contributed by atoms with Gasteiger partial charge in [-0.1, -0.05) is 28.1 Å². The molecule has 0 bridgehead atoms. The van der Waals surface area contributed by atoms with Crippen molar-refractivity contribution in [2.24, 2.45) is 7.05 Å². The largest absolute Gasteiger partial charge is 0.271 e. The second-order valence-corrected chi connectivity index (χ2v) is 6.42. The normalized spacial score (nSPS) is 11.5. The van der Waals surface area contributed by atoms with Gasteiger partial charge in [0, 0.05) is 24.1 Å². The number of alkyl halides is 1. The predicted octanol–water partition coefficient (Wildman–Crippen LogP) is 2.42. The zero-order valence-corrected chi connectivity index (χ0v) is 13.0. The molecule has 2 rings (SSSR count). The molecule has 102 valence electrons. The van der Waals surface area contributed by atoms with Crippen molar-refractivity contribution < 1.29 is 8.42 Å². The molecule has 0 aliphatic rings. The number of hydrogen-bond acceptors (Lipinski definition) is 3. The Morgan fingerprint density at radius 1 is 1.32 bits per heavy atom. The number of benzene rings is 1. The number of sulfonamides is 1. The lowest BCUT2D eigenvalue weighted by molar-refractivity contribution is 0.601. The van der Waals surface area contributed by atoms with Crippen molar-refractivity contribution >= 4 is 31.8 Å². The highest BCUT2D eigenvalue weighted by molar-refractivity contribution is 9.08. The fourth-order valence-corrected chi connectivity index (χ4v) is 2.93. The molecular formula is C12H14BrN3O2S. The molecule has 0 fully saturated rings. The zero-order chi connectivity index (χ0) is 14.0. The summed E-state index contributed by atoms with van der Waals surface area (Å²) in [6.45, 7) is 1.86. The number of aryl methyl sites for hydroxylation is 2. The first-order valence-electron chi connectivity index (χ1n) is 5.61. The molecule has 5 nitrogen and oxygen atoms in total. The van der Waals surface area contributed by atoms with E-state index in [1.807, 2.05) is 6.92 Å². The monoisotopic (exact) mass is 343 g/mol. The topological polar surface area (TPSA) is 64.0 Å². The first kappa shape index (κ1) is 14.1. The van der Waals surface area contributed by atoms with Crippen molar-refractivity contribution in [1.82, 2.24) is 9.78 Å². The third-order valence-corrected chi connectivity index (χ3v) is 4.76. The predicted molar refractivity (Wildman–Crippen MR) is 77.8 cm³/mol. The molecule has 0 saturated heterocycles. The van der Waals surface area contributed by atoms with Crippen LogP contribution in [0.4, 0.5) is 5.82 Å². The summed E-state index contributed by atoms with van der Waals surface area (Å²) in [4.78, 5) is 0.223. The van der Waals surface area contributed by atoms with Crippen LogP contribution in [-0.2, 0) is 22.4 Å². The van der Waals surface area contributed by atoms with Crippen LogP contribution in [0.2, 0.25) is 0 Å². The second kappa shape index (κ2) is 5.34. The molecule has 0 radical (unpaired) electrons. The standard InChI is InChI=1S/C12H14BrN3O2S/c1-9-7-12(14-16(9)2)15-19(17,18)11-5-3-10(8-13)4-6-11/h3-7H,8H2,1-2H3,(H,14,15). The molecule has 0 aliphatic carbocycles. The Balaban J connectivity index is 2.26. The van der Waals surface area contributed by atoms with E-state index in [1.54, 1.807) is 42.1 Å². The molecule has 0 amide bonds. The quantitative estimate of drug-likeness (QED) is 0.867. The van der Waals surface area contributed by atoms with E-state index in [4.69, 9.17) is 0 Å². The molecule has 0 unspecified atom stereocenters. The van der Waals surface area contributed by atoms with Gasteiger partial charge in [0.25, 0.3) is 10.0 Å². The number of nitrogens with one attached hydrogen (secondary N) is 1. The highest BCUT2D eigenvalue weighted by Crippen LogP contribution is 2.17. The minimum atomic E-state index is -3.58. The van der Waals surface area contributed by atoms with Crippen LogP contribution in [0.1, 0.15) is 11.3 Å². The molecule has 1 heterocycles. The smallest absolute Gasteiger partial charge is 0.263 e. The fourth-order valence-electron chi connectivity index (χ4n) is 1.56. The van der Waals surface area contributed by atoms with Crippen molar-refractivity contribution in [3.05, 3.63) is 41.6 Å². The van der Waals surface area contributed by atoms with Crippen molar-refractivity contribution in [3.8, 4) is 0 Å². The number of aromatic nitrogens is 2. The van der Waals surface area contributed by atoms with Gasteiger partial charge in [0.1, 0.15) is 0 Å². The number of halogens is 1. The summed E-state index contributed by atoms with van der Waals surface area (Å²) in [5.74, 6) is 0.324. The van der Waals surface area contributed by atoms with Gasteiger partial charge >= 0.3 is 0 Å². The maximum atomic E-state index is 12.1. The first-order valence-corrected chi connectivity index (χ1v) is 8.21. The summed E-state index contributed by atoms with van der Waals surface area (Å²) >= 11 is 3.32. The van der Waals surface area contributed by atoms with Crippen LogP contribution in [0.3, 0.4) is 0 Å². The van der Waals surface area contributed by atoms with Gasteiger partial charge in [0.2, 0.25) is 0 Å². The number of nitrogens with zero attached hydrogens (tertiary/aromatic N) is 2. The van der Waals surface area contributed by atoms with Gasteiger partial charge in [0.05, 0.1) is 4.90 Å². The van der Waals surface area contributed by atoms with E-state index in [9.17, 15) is 8.42 Å². The van der Waals surface area contributed by atoms with Gasteiger partial charge in [-0.25, -0.2) is 8.42 Å². The molecule has 0 spiro atoms. The molecule has 0 saturated carbocycles. The third kappa shape index (κ3) is 3.16. The summed E-state index contributed by atoms with van der Waals surface area (Å²) in [6, 6.07) is 8.38. The Hall–Kier alpha value is -1.34. The average molecular weight is 344 g/mol. The Kier molecular flexibility index (Phi) is 3.96. The van der Waals surface area contributed by atoms with Crippen LogP contribution in [-0.4, -0.2) is 18.2 Å². The van der Waals surface area contributed by atoms with Gasteiger partial charge in [0.15, 0.2) is 5.82 Å². The highest BCUT2D eigenvalue weighted by Gasteiger charge is 2.15. The summed E-state index contributed by atoms with van der Waals surface area (Å²) in [5.41, 5.74) is 1.90. The van der Waals surface area contributed by atoms with E-state index in [1.165, 1.54) is 0 Å². The molecule has 1 aromatic carbocycles. The van der Waals surface area contributed by atoms with Crippen LogP contribution in [0.25, 0.3) is 0 Å². The molecule has 2 aromatic rings. The van der Waals surface area contributed by atoms with Crippen molar-refractivity contribution in [2.75, 3.05) is 4.72 Å². The third-order valence-electron chi connectivity index (χ3n) is 2.74. The zero-order valence-electron chi connectivity index (χ0n) is 10.6. The van der Waals surface area contributed by atoms with Gasteiger partial charge < -0.3 is 0 Å².